The molecule has 82 valence electrons. The molecular formula is C13H19NO. The number of benzene rings is 1. The van der Waals surface area contributed by atoms with Crippen molar-refractivity contribution in [2.24, 2.45) is 5.92 Å². The van der Waals surface area contributed by atoms with Crippen LogP contribution in [0.15, 0.2) is 30.3 Å². The molecule has 1 aromatic rings. The maximum atomic E-state index is 9.63. The van der Waals surface area contributed by atoms with Gasteiger partial charge in [-0.1, -0.05) is 37.3 Å². The summed E-state index contributed by atoms with van der Waals surface area (Å²) in [5.74, 6) is 0.405. The highest BCUT2D eigenvalue weighted by atomic mass is 16.3. The Morgan fingerprint density at radius 3 is 2.73 bits per heavy atom. The summed E-state index contributed by atoms with van der Waals surface area (Å²) in [5, 5.41) is 9.63. The number of aliphatic hydroxyl groups excluding tert-OH is 1. The second kappa shape index (κ2) is 4.77. The van der Waals surface area contributed by atoms with Crippen LogP contribution in [0.3, 0.4) is 0 Å². The standard InChI is InChI=1S/C13H19NO/c1-11-9-14(8-7-13(11)15)10-12-5-3-2-4-6-12/h2-6,11,13,15H,7-10H2,1H3/t11?,13-/m0/s1. The molecule has 0 radical (unpaired) electrons. The van der Waals surface area contributed by atoms with E-state index in [0.717, 1.165) is 26.1 Å². The molecule has 0 aromatic heterocycles. The molecule has 2 heteroatoms. The molecule has 1 fully saturated rings. The van der Waals surface area contributed by atoms with Gasteiger partial charge in [-0.2, -0.15) is 0 Å². The average molecular weight is 205 g/mol. The summed E-state index contributed by atoms with van der Waals surface area (Å²) in [7, 11) is 0. The van der Waals surface area contributed by atoms with E-state index in [9.17, 15) is 5.11 Å². The molecule has 0 amide bonds. The predicted molar refractivity (Wildman–Crippen MR) is 61.5 cm³/mol. The minimum atomic E-state index is -0.1000. The van der Waals surface area contributed by atoms with E-state index in [1.807, 2.05) is 6.07 Å². The van der Waals surface area contributed by atoms with Crippen LogP contribution in [0.5, 0.6) is 0 Å². The van der Waals surface area contributed by atoms with Crippen molar-refractivity contribution in [2.45, 2.75) is 26.0 Å². The van der Waals surface area contributed by atoms with Gasteiger partial charge in [0.1, 0.15) is 0 Å². The minimum Gasteiger partial charge on any atom is -0.393 e. The van der Waals surface area contributed by atoms with Crippen molar-refractivity contribution in [1.82, 2.24) is 4.90 Å². The van der Waals surface area contributed by atoms with E-state index in [1.54, 1.807) is 0 Å². The molecule has 0 aliphatic carbocycles. The van der Waals surface area contributed by atoms with Gasteiger partial charge >= 0.3 is 0 Å². The molecule has 1 heterocycles. The van der Waals surface area contributed by atoms with Gasteiger partial charge in [0.05, 0.1) is 6.10 Å². The zero-order valence-electron chi connectivity index (χ0n) is 9.26. The summed E-state index contributed by atoms with van der Waals surface area (Å²) in [4.78, 5) is 2.42. The van der Waals surface area contributed by atoms with Gasteiger partial charge in [-0.05, 0) is 17.9 Å². The van der Waals surface area contributed by atoms with Crippen molar-refractivity contribution >= 4 is 0 Å². The van der Waals surface area contributed by atoms with Crippen LogP contribution in [0.1, 0.15) is 18.9 Å². The third kappa shape index (κ3) is 2.80. The Hall–Kier alpha value is -0.860. The topological polar surface area (TPSA) is 23.5 Å². The van der Waals surface area contributed by atoms with E-state index in [4.69, 9.17) is 0 Å². The number of rotatable bonds is 2. The maximum absolute atomic E-state index is 9.63. The van der Waals surface area contributed by atoms with E-state index in [0.29, 0.717) is 5.92 Å². The van der Waals surface area contributed by atoms with Crippen molar-refractivity contribution < 1.29 is 5.11 Å². The Kier molecular flexibility index (Phi) is 3.39. The highest BCUT2D eigenvalue weighted by Crippen LogP contribution is 2.18. The SMILES string of the molecule is CC1CN(Cc2ccccc2)CC[C@@H]1O. The Balaban J connectivity index is 1.91. The number of piperidine rings is 1. The molecule has 0 spiro atoms. The summed E-state index contributed by atoms with van der Waals surface area (Å²) in [6.07, 6.45) is 0.811. The van der Waals surface area contributed by atoms with E-state index in [-0.39, 0.29) is 6.10 Å². The lowest BCUT2D eigenvalue weighted by Crippen LogP contribution is -2.41. The number of hydrogen-bond acceptors (Lipinski definition) is 2. The van der Waals surface area contributed by atoms with E-state index in [2.05, 4.69) is 36.1 Å². The summed E-state index contributed by atoms with van der Waals surface area (Å²) in [6, 6.07) is 10.5. The fourth-order valence-electron chi connectivity index (χ4n) is 2.20. The van der Waals surface area contributed by atoms with Crippen LogP contribution in [0.25, 0.3) is 0 Å². The fraction of sp³-hybridized carbons (Fsp3) is 0.538. The minimum absolute atomic E-state index is 0.1000. The van der Waals surface area contributed by atoms with Crippen molar-refractivity contribution in [3.8, 4) is 0 Å². The second-order valence-electron chi connectivity index (χ2n) is 4.55. The van der Waals surface area contributed by atoms with Gasteiger partial charge in [-0.25, -0.2) is 0 Å². The van der Waals surface area contributed by atoms with Crippen LogP contribution in [0.4, 0.5) is 0 Å². The van der Waals surface area contributed by atoms with Gasteiger partial charge in [0.25, 0.3) is 0 Å². The number of nitrogens with zero attached hydrogens (tertiary/aromatic N) is 1. The first-order valence-corrected chi connectivity index (χ1v) is 5.70. The van der Waals surface area contributed by atoms with Crippen LogP contribution in [0.2, 0.25) is 0 Å². The van der Waals surface area contributed by atoms with Crippen LogP contribution < -0.4 is 0 Å². The molecule has 1 N–H and O–H groups in total. The number of hydrogen-bond donors (Lipinski definition) is 1. The lowest BCUT2D eigenvalue weighted by atomic mass is 9.96. The average Bonchev–Trinajstić information content (AvgIpc) is 2.25. The molecule has 1 saturated heterocycles. The summed E-state index contributed by atoms with van der Waals surface area (Å²) < 4.78 is 0. The van der Waals surface area contributed by atoms with E-state index < -0.39 is 0 Å². The largest absolute Gasteiger partial charge is 0.393 e. The molecule has 15 heavy (non-hydrogen) atoms. The molecule has 1 aliphatic rings. The van der Waals surface area contributed by atoms with Crippen LogP contribution >= 0.6 is 0 Å². The predicted octanol–water partition coefficient (Wildman–Crippen LogP) is 1.89. The Bertz CT molecular complexity index is 299. The van der Waals surface area contributed by atoms with Crippen LogP contribution in [-0.4, -0.2) is 29.2 Å². The highest BCUT2D eigenvalue weighted by Gasteiger charge is 2.23. The first-order valence-electron chi connectivity index (χ1n) is 5.70. The molecule has 0 bridgehead atoms. The van der Waals surface area contributed by atoms with Gasteiger partial charge in [0, 0.05) is 19.6 Å². The smallest absolute Gasteiger partial charge is 0.0590 e. The van der Waals surface area contributed by atoms with Crippen molar-refractivity contribution in [1.29, 1.82) is 0 Å². The van der Waals surface area contributed by atoms with E-state index in [1.165, 1.54) is 5.56 Å². The molecule has 1 unspecified atom stereocenters. The van der Waals surface area contributed by atoms with Crippen LogP contribution in [0, 0.1) is 5.92 Å². The Labute approximate surface area is 91.5 Å². The zero-order valence-corrected chi connectivity index (χ0v) is 9.26. The Morgan fingerprint density at radius 2 is 2.07 bits per heavy atom. The van der Waals surface area contributed by atoms with Crippen molar-refractivity contribution in [3.63, 3.8) is 0 Å². The van der Waals surface area contributed by atoms with E-state index >= 15 is 0 Å². The molecule has 0 saturated carbocycles. The molecule has 2 atom stereocenters. The first kappa shape index (κ1) is 10.7. The maximum Gasteiger partial charge on any atom is 0.0590 e. The van der Waals surface area contributed by atoms with Gasteiger partial charge in [-0.15, -0.1) is 0 Å². The lowest BCUT2D eigenvalue weighted by molar-refractivity contribution is 0.0320. The second-order valence-corrected chi connectivity index (χ2v) is 4.55. The normalized spacial score (nSPS) is 27.9. The molecule has 2 nitrogen and oxygen atoms in total. The van der Waals surface area contributed by atoms with Gasteiger partial charge < -0.3 is 5.11 Å². The van der Waals surface area contributed by atoms with Gasteiger partial charge in [0.2, 0.25) is 0 Å². The fourth-order valence-corrected chi connectivity index (χ4v) is 2.20. The Morgan fingerprint density at radius 1 is 1.33 bits per heavy atom. The number of likely N-dealkylation sites (tertiary alicyclic amines) is 1. The third-order valence-corrected chi connectivity index (χ3v) is 3.19. The summed E-state index contributed by atoms with van der Waals surface area (Å²) in [6.45, 7) is 5.16. The molecule has 1 aromatic carbocycles. The monoisotopic (exact) mass is 205 g/mol. The summed E-state index contributed by atoms with van der Waals surface area (Å²) in [5.41, 5.74) is 1.36. The zero-order chi connectivity index (χ0) is 10.7. The summed E-state index contributed by atoms with van der Waals surface area (Å²) >= 11 is 0. The highest BCUT2D eigenvalue weighted by molar-refractivity contribution is 5.14. The molecular weight excluding hydrogens is 186 g/mol. The lowest BCUT2D eigenvalue weighted by Gasteiger charge is -2.34. The number of aliphatic hydroxyl groups is 1. The van der Waals surface area contributed by atoms with Crippen molar-refractivity contribution in [3.05, 3.63) is 35.9 Å². The van der Waals surface area contributed by atoms with Crippen LogP contribution in [-0.2, 0) is 6.54 Å². The van der Waals surface area contributed by atoms with Crippen molar-refractivity contribution in [2.75, 3.05) is 13.1 Å². The molecule has 2 rings (SSSR count). The third-order valence-electron chi connectivity index (χ3n) is 3.19. The quantitative estimate of drug-likeness (QED) is 0.797. The molecule has 1 aliphatic heterocycles. The first-order chi connectivity index (χ1) is 7.25. The van der Waals surface area contributed by atoms with Gasteiger partial charge in [-0.3, -0.25) is 4.90 Å². The van der Waals surface area contributed by atoms with Gasteiger partial charge in [0.15, 0.2) is 0 Å².